The zero-order chi connectivity index (χ0) is 18.5. The number of allylic oxidation sites excluding steroid dienone is 7. The van der Waals surface area contributed by atoms with Crippen molar-refractivity contribution in [2.45, 2.75) is 64.7 Å². The third-order valence-corrected chi connectivity index (χ3v) is 4.64. The van der Waals surface area contributed by atoms with Gasteiger partial charge < -0.3 is 4.74 Å². The quantitative estimate of drug-likeness (QED) is 0.147. The first kappa shape index (κ1) is 21.5. The topological polar surface area (TPSA) is 43.4 Å². The van der Waals surface area contributed by atoms with E-state index in [2.05, 4.69) is 19.1 Å². The van der Waals surface area contributed by atoms with Crippen molar-refractivity contribution in [3.05, 3.63) is 40.7 Å². The van der Waals surface area contributed by atoms with E-state index in [0.717, 1.165) is 37.7 Å². The van der Waals surface area contributed by atoms with Gasteiger partial charge in [0.25, 0.3) is 0 Å². The van der Waals surface area contributed by atoms with Gasteiger partial charge >= 0.3 is 0 Å². The van der Waals surface area contributed by atoms with E-state index >= 15 is 0 Å². The first-order valence-corrected chi connectivity index (χ1v) is 9.56. The highest BCUT2D eigenvalue weighted by Gasteiger charge is 2.27. The van der Waals surface area contributed by atoms with E-state index in [9.17, 15) is 9.59 Å². The number of ketones is 1. The highest BCUT2D eigenvalue weighted by atomic mass is 35.5. The van der Waals surface area contributed by atoms with E-state index in [1.807, 2.05) is 12.2 Å². The minimum atomic E-state index is -0.0450. The van der Waals surface area contributed by atoms with Gasteiger partial charge in [0.2, 0.25) is 0 Å². The Hall–Kier alpha value is -1.57. The van der Waals surface area contributed by atoms with Crippen molar-refractivity contribution < 1.29 is 14.3 Å². The van der Waals surface area contributed by atoms with Crippen LogP contribution in [0, 0.1) is 5.92 Å². The van der Waals surface area contributed by atoms with E-state index in [4.69, 9.17) is 16.3 Å². The molecule has 1 aliphatic rings. The normalized spacial score (nSPS) is 18.7. The molecule has 0 N–H and O–H groups in total. The van der Waals surface area contributed by atoms with Gasteiger partial charge in [-0.1, -0.05) is 55.7 Å². The molecule has 0 saturated heterocycles. The number of carbonyl (C=O) groups is 1. The molecule has 0 spiro atoms. The van der Waals surface area contributed by atoms with Crippen molar-refractivity contribution in [2.24, 2.45) is 5.92 Å². The minimum Gasteiger partial charge on any atom is -0.490 e. The number of rotatable bonds is 12. The van der Waals surface area contributed by atoms with Crippen LogP contribution in [0.1, 0.15) is 64.7 Å². The van der Waals surface area contributed by atoms with E-state index < -0.39 is 0 Å². The summed E-state index contributed by atoms with van der Waals surface area (Å²) >= 11 is 6.04. The molecule has 25 heavy (non-hydrogen) atoms. The lowest BCUT2D eigenvalue weighted by Gasteiger charge is -2.07. The summed E-state index contributed by atoms with van der Waals surface area (Å²) in [5.74, 6) is 2.18. The van der Waals surface area contributed by atoms with E-state index in [1.54, 1.807) is 5.94 Å². The van der Waals surface area contributed by atoms with Gasteiger partial charge in [-0.05, 0) is 38.5 Å². The van der Waals surface area contributed by atoms with Crippen LogP contribution in [0.25, 0.3) is 0 Å². The largest absolute Gasteiger partial charge is 0.490 e. The predicted molar refractivity (Wildman–Crippen MR) is 103 cm³/mol. The minimum absolute atomic E-state index is 0.0450. The van der Waals surface area contributed by atoms with Crippen LogP contribution in [0.15, 0.2) is 40.7 Å². The number of ether oxygens (including phenoxy) is 1. The first-order chi connectivity index (χ1) is 12.1. The maximum atomic E-state index is 12.2. The monoisotopic (exact) mass is 364 g/mol. The summed E-state index contributed by atoms with van der Waals surface area (Å²) < 4.78 is 4.90. The van der Waals surface area contributed by atoms with Gasteiger partial charge in [0.1, 0.15) is 0 Å². The summed E-state index contributed by atoms with van der Waals surface area (Å²) in [6, 6.07) is 0. The van der Waals surface area contributed by atoms with Crippen LogP contribution in [0.2, 0.25) is 0 Å². The number of hydrogen-bond acceptors (Lipinski definition) is 3. The molecular weight excluding hydrogens is 336 g/mol. The molecule has 3 nitrogen and oxygen atoms in total. The van der Waals surface area contributed by atoms with Gasteiger partial charge in [-0.15, -0.1) is 0 Å². The van der Waals surface area contributed by atoms with Crippen LogP contribution in [-0.4, -0.2) is 18.8 Å². The van der Waals surface area contributed by atoms with Gasteiger partial charge in [-0.25, -0.2) is 4.79 Å². The van der Waals surface area contributed by atoms with Crippen LogP contribution >= 0.6 is 11.6 Å². The Balaban J connectivity index is 2.45. The summed E-state index contributed by atoms with van der Waals surface area (Å²) in [7, 11) is 1.48. The van der Waals surface area contributed by atoms with E-state index in [0.29, 0.717) is 17.2 Å². The molecular formula is C21H29ClO3. The Bertz CT molecular complexity index is 566. The zero-order valence-electron chi connectivity index (χ0n) is 15.4. The Morgan fingerprint density at radius 2 is 2.00 bits per heavy atom. The van der Waals surface area contributed by atoms with E-state index in [-0.39, 0.29) is 11.7 Å². The Labute approximate surface area is 156 Å². The van der Waals surface area contributed by atoms with Gasteiger partial charge in [0.05, 0.1) is 12.1 Å². The Morgan fingerprint density at radius 1 is 1.24 bits per heavy atom. The van der Waals surface area contributed by atoms with Crippen LogP contribution in [-0.2, 0) is 14.3 Å². The molecule has 0 fully saturated rings. The number of methoxy groups -OCH3 is 1. The maximum absolute atomic E-state index is 12.2. The smallest absolute Gasteiger partial charge is 0.200 e. The standard InChI is InChI=1S/C21H29ClO3/c1-3-4-5-6-7-9-12-17-15-20(22)21(24)19(17)14-11-8-10-13-18(16-23)25-2/h7,9,14-15,17H,3-6,8,10-13H2,1-2H3. The molecule has 0 bridgehead atoms. The first-order valence-electron chi connectivity index (χ1n) is 9.19. The highest BCUT2D eigenvalue weighted by Crippen LogP contribution is 2.32. The van der Waals surface area contributed by atoms with Crippen LogP contribution < -0.4 is 0 Å². The molecule has 0 saturated carbocycles. The third kappa shape index (κ3) is 7.90. The molecule has 0 amide bonds. The van der Waals surface area contributed by atoms with Crippen LogP contribution in [0.4, 0.5) is 0 Å². The number of Topliss-reactive ketones (excluding diaryl/α,β-unsaturated/α-hetero) is 1. The lowest BCUT2D eigenvalue weighted by Crippen LogP contribution is -2.03. The number of unbranched alkanes of at least 4 members (excludes halogenated alkanes) is 5. The average Bonchev–Trinajstić information content (AvgIpc) is 2.88. The molecule has 0 aromatic rings. The average molecular weight is 365 g/mol. The molecule has 0 aliphatic heterocycles. The van der Waals surface area contributed by atoms with Gasteiger partial charge in [0.15, 0.2) is 17.5 Å². The second-order valence-corrected chi connectivity index (χ2v) is 6.69. The number of halogens is 1. The molecule has 0 radical (unpaired) electrons. The summed E-state index contributed by atoms with van der Waals surface area (Å²) in [4.78, 5) is 22.7. The molecule has 1 aliphatic carbocycles. The van der Waals surface area contributed by atoms with Crippen molar-refractivity contribution in [1.29, 1.82) is 0 Å². The molecule has 1 unspecified atom stereocenters. The molecule has 0 heterocycles. The summed E-state index contributed by atoms with van der Waals surface area (Å²) in [6.07, 6.45) is 17.0. The molecule has 0 aromatic heterocycles. The summed E-state index contributed by atoms with van der Waals surface area (Å²) in [5.41, 5.74) is 0.807. The Morgan fingerprint density at radius 3 is 2.68 bits per heavy atom. The molecule has 0 aromatic carbocycles. The van der Waals surface area contributed by atoms with Crippen molar-refractivity contribution in [3.8, 4) is 0 Å². The van der Waals surface area contributed by atoms with Crippen molar-refractivity contribution >= 4 is 23.3 Å². The van der Waals surface area contributed by atoms with Crippen molar-refractivity contribution in [3.63, 3.8) is 0 Å². The lowest BCUT2D eigenvalue weighted by atomic mass is 9.96. The van der Waals surface area contributed by atoms with Crippen molar-refractivity contribution in [2.75, 3.05) is 7.11 Å². The van der Waals surface area contributed by atoms with Gasteiger partial charge in [-0.2, -0.15) is 0 Å². The van der Waals surface area contributed by atoms with Crippen LogP contribution in [0.5, 0.6) is 0 Å². The fourth-order valence-corrected chi connectivity index (χ4v) is 3.10. The van der Waals surface area contributed by atoms with E-state index in [1.165, 1.54) is 26.4 Å². The van der Waals surface area contributed by atoms with Gasteiger partial charge in [-0.3, -0.25) is 4.79 Å². The molecule has 1 atom stereocenters. The molecule has 1 rings (SSSR count). The zero-order valence-corrected chi connectivity index (χ0v) is 16.1. The van der Waals surface area contributed by atoms with Crippen LogP contribution in [0.3, 0.4) is 0 Å². The summed E-state index contributed by atoms with van der Waals surface area (Å²) in [6.45, 7) is 2.20. The fraction of sp³-hybridized carbons (Fsp3) is 0.571. The SMILES string of the molecule is CCCCCC=CCC1C=C(Cl)C(=O)C1=CCCCCC(=C=O)OC. The third-order valence-electron chi connectivity index (χ3n) is 4.34. The second kappa shape index (κ2) is 12.7. The fourth-order valence-electron chi connectivity index (χ4n) is 2.84. The Kier molecular flexibility index (Phi) is 10.9. The molecule has 4 heteroatoms. The van der Waals surface area contributed by atoms with Gasteiger partial charge in [0, 0.05) is 17.9 Å². The lowest BCUT2D eigenvalue weighted by molar-refractivity contribution is -0.111. The number of carbonyl (C=O) groups excluding carboxylic acids is 2. The maximum Gasteiger partial charge on any atom is 0.200 e. The predicted octanol–water partition coefficient (Wildman–Crippen LogP) is 5.68. The molecule has 138 valence electrons. The summed E-state index contributed by atoms with van der Waals surface area (Å²) in [5, 5.41) is 0.334. The number of hydrogen-bond donors (Lipinski definition) is 0. The highest BCUT2D eigenvalue weighted by molar-refractivity contribution is 6.46. The second-order valence-electron chi connectivity index (χ2n) is 6.29. The van der Waals surface area contributed by atoms with Crippen molar-refractivity contribution in [1.82, 2.24) is 0 Å².